The molecule has 8 heteroatoms. The van der Waals surface area contributed by atoms with Crippen molar-refractivity contribution in [3.63, 3.8) is 0 Å². The molecule has 0 aromatic heterocycles. The summed E-state index contributed by atoms with van der Waals surface area (Å²) in [7, 11) is 0. The number of aldehydes is 1. The van der Waals surface area contributed by atoms with Crippen LogP contribution < -0.4 is 9.47 Å². The Morgan fingerprint density at radius 1 is 1.00 bits per heavy atom. The Hall–Kier alpha value is -3.39. The summed E-state index contributed by atoms with van der Waals surface area (Å²) in [5.41, 5.74) is 0.277. The maximum Gasteiger partial charge on any atom is 0.347 e. The number of aromatic hydroxyl groups is 1. The van der Waals surface area contributed by atoms with Gasteiger partial charge in [0.2, 0.25) is 6.29 Å². The summed E-state index contributed by atoms with van der Waals surface area (Å²) < 4.78 is 15.9. The summed E-state index contributed by atoms with van der Waals surface area (Å²) in [4.78, 5) is 35.9. The average Bonchev–Trinajstić information content (AvgIpc) is 2.79. The first-order valence-corrected chi connectivity index (χ1v) is 7.62. The number of aliphatic hydroxyl groups is 1. The molecule has 8 nitrogen and oxygen atoms in total. The average molecular weight is 356 g/mol. The number of carbonyl (C=O) groups excluding carboxylic acids is 3. The van der Waals surface area contributed by atoms with Crippen molar-refractivity contribution in [2.24, 2.45) is 0 Å². The van der Waals surface area contributed by atoms with Crippen LogP contribution in [0.25, 0.3) is 0 Å². The lowest BCUT2D eigenvalue weighted by Crippen LogP contribution is -2.10. The zero-order chi connectivity index (χ0) is 18.7. The molecule has 0 saturated carbocycles. The summed E-state index contributed by atoms with van der Waals surface area (Å²) in [6, 6.07) is 3.05. The third-order valence-electron chi connectivity index (χ3n) is 4.45. The van der Waals surface area contributed by atoms with Gasteiger partial charge in [-0.25, -0.2) is 9.59 Å². The Bertz CT molecular complexity index is 1020. The van der Waals surface area contributed by atoms with Gasteiger partial charge >= 0.3 is 11.9 Å². The molecule has 1 unspecified atom stereocenters. The van der Waals surface area contributed by atoms with Gasteiger partial charge in [0.15, 0.2) is 23.5 Å². The number of aliphatic hydroxyl groups excluding tert-OH is 1. The number of hydrogen-bond donors (Lipinski definition) is 2. The summed E-state index contributed by atoms with van der Waals surface area (Å²) in [6.07, 6.45) is -1.19. The number of carbonyl (C=O) groups is 3. The van der Waals surface area contributed by atoms with Crippen LogP contribution in [0.5, 0.6) is 23.0 Å². The van der Waals surface area contributed by atoms with Gasteiger partial charge in [0.1, 0.15) is 16.9 Å². The van der Waals surface area contributed by atoms with Crippen molar-refractivity contribution in [3.8, 4) is 23.0 Å². The van der Waals surface area contributed by atoms with Gasteiger partial charge in [-0.2, -0.15) is 0 Å². The third-order valence-corrected chi connectivity index (χ3v) is 4.45. The number of phenolic OH excluding ortho intramolecular Hbond substituents is 1. The van der Waals surface area contributed by atoms with E-state index in [0.29, 0.717) is 11.8 Å². The van der Waals surface area contributed by atoms with Crippen molar-refractivity contribution in [1.82, 2.24) is 0 Å². The Morgan fingerprint density at radius 3 is 2.42 bits per heavy atom. The Kier molecular flexibility index (Phi) is 3.28. The molecule has 2 aromatic rings. The molecule has 0 fully saturated rings. The fourth-order valence-corrected chi connectivity index (χ4v) is 3.11. The second kappa shape index (κ2) is 5.30. The molecule has 0 bridgehead atoms. The van der Waals surface area contributed by atoms with Gasteiger partial charge in [-0.3, -0.25) is 4.79 Å². The van der Waals surface area contributed by atoms with E-state index in [0.717, 1.165) is 0 Å². The summed E-state index contributed by atoms with van der Waals surface area (Å²) in [5.74, 6) is -2.57. The largest absolute Gasteiger partial charge is 0.507 e. The maximum atomic E-state index is 12.6. The SMILES string of the molecule is Cc1ccc(C=O)c2c1C(=O)Oc1c(C)c(O)c3c(c1O2)C(O)OC3=O. The van der Waals surface area contributed by atoms with Gasteiger partial charge in [-0.05, 0) is 25.5 Å². The second-order valence-corrected chi connectivity index (χ2v) is 5.96. The lowest BCUT2D eigenvalue weighted by molar-refractivity contribution is -0.0555. The number of cyclic esters (lactones) is 1. The Morgan fingerprint density at radius 2 is 1.73 bits per heavy atom. The van der Waals surface area contributed by atoms with E-state index in [-0.39, 0.29) is 45.1 Å². The molecule has 0 amide bonds. The van der Waals surface area contributed by atoms with E-state index < -0.39 is 24.0 Å². The first-order valence-electron chi connectivity index (χ1n) is 7.62. The molecular formula is C18H12O8. The van der Waals surface area contributed by atoms with Crippen LogP contribution in [0.3, 0.4) is 0 Å². The molecule has 0 spiro atoms. The molecule has 2 aliphatic heterocycles. The third kappa shape index (κ3) is 1.96. The molecule has 132 valence electrons. The van der Waals surface area contributed by atoms with E-state index in [4.69, 9.17) is 14.2 Å². The monoisotopic (exact) mass is 356 g/mol. The number of rotatable bonds is 1. The van der Waals surface area contributed by atoms with E-state index in [1.807, 2.05) is 0 Å². The van der Waals surface area contributed by atoms with E-state index >= 15 is 0 Å². The molecule has 2 aromatic carbocycles. The maximum absolute atomic E-state index is 12.6. The molecule has 0 aliphatic carbocycles. The van der Waals surface area contributed by atoms with Gasteiger partial charge in [0.25, 0.3) is 0 Å². The zero-order valence-electron chi connectivity index (χ0n) is 13.7. The first kappa shape index (κ1) is 16.1. The minimum absolute atomic E-state index is 0.0400. The minimum atomic E-state index is -1.71. The summed E-state index contributed by atoms with van der Waals surface area (Å²) in [6.45, 7) is 3.07. The van der Waals surface area contributed by atoms with E-state index in [9.17, 15) is 24.6 Å². The van der Waals surface area contributed by atoms with Crippen LogP contribution >= 0.6 is 0 Å². The lowest BCUT2D eigenvalue weighted by Gasteiger charge is -2.16. The second-order valence-electron chi connectivity index (χ2n) is 5.96. The number of fused-ring (bicyclic) bond motifs is 4. The molecule has 2 N–H and O–H groups in total. The Balaban J connectivity index is 2.08. The zero-order valence-corrected chi connectivity index (χ0v) is 13.7. The Labute approximate surface area is 146 Å². The van der Waals surface area contributed by atoms with Crippen molar-refractivity contribution in [1.29, 1.82) is 0 Å². The van der Waals surface area contributed by atoms with Crippen LogP contribution in [0.4, 0.5) is 0 Å². The standard InChI is InChI=1S/C18H12O8/c1-6-3-4-8(5-19)14-9(6)16(21)25-13-7(2)12(20)10-11(15(13)24-14)18(23)26-17(10)22/h3-5,18,20,23H,1-2H3. The van der Waals surface area contributed by atoms with Crippen LogP contribution in [-0.2, 0) is 4.74 Å². The van der Waals surface area contributed by atoms with Crippen LogP contribution in [-0.4, -0.2) is 28.4 Å². The van der Waals surface area contributed by atoms with Crippen molar-refractivity contribution in [2.45, 2.75) is 20.1 Å². The lowest BCUT2D eigenvalue weighted by atomic mass is 10.0. The van der Waals surface area contributed by atoms with Gasteiger partial charge in [-0.1, -0.05) is 6.07 Å². The van der Waals surface area contributed by atoms with Crippen molar-refractivity contribution >= 4 is 18.2 Å². The van der Waals surface area contributed by atoms with Crippen LogP contribution in [0, 0.1) is 13.8 Å². The van der Waals surface area contributed by atoms with Crippen molar-refractivity contribution in [2.75, 3.05) is 0 Å². The number of phenols is 1. The van der Waals surface area contributed by atoms with E-state index in [1.165, 1.54) is 13.0 Å². The minimum Gasteiger partial charge on any atom is -0.507 e. The highest BCUT2D eigenvalue weighted by molar-refractivity contribution is 6.03. The van der Waals surface area contributed by atoms with Crippen molar-refractivity contribution < 1.29 is 38.8 Å². The van der Waals surface area contributed by atoms with Gasteiger partial charge < -0.3 is 24.4 Å². The number of ether oxygens (including phenoxy) is 3. The highest BCUT2D eigenvalue weighted by atomic mass is 16.6. The summed E-state index contributed by atoms with van der Waals surface area (Å²) >= 11 is 0. The first-order chi connectivity index (χ1) is 12.3. The molecule has 2 aliphatic rings. The molecular weight excluding hydrogens is 344 g/mol. The van der Waals surface area contributed by atoms with E-state index in [1.54, 1.807) is 13.0 Å². The highest BCUT2D eigenvalue weighted by Crippen LogP contribution is 2.53. The number of benzene rings is 2. The molecule has 0 radical (unpaired) electrons. The van der Waals surface area contributed by atoms with Crippen LogP contribution in [0.15, 0.2) is 12.1 Å². The van der Waals surface area contributed by atoms with Gasteiger partial charge in [0.05, 0.1) is 11.1 Å². The van der Waals surface area contributed by atoms with Crippen LogP contribution in [0.2, 0.25) is 0 Å². The highest BCUT2D eigenvalue weighted by Gasteiger charge is 2.42. The summed E-state index contributed by atoms with van der Waals surface area (Å²) in [5, 5.41) is 20.4. The number of esters is 2. The van der Waals surface area contributed by atoms with Gasteiger partial charge in [0, 0.05) is 5.56 Å². The van der Waals surface area contributed by atoms with Crippen molar-refractivity contribution in [3.05, 3.63) is 45.5 Å². The van der Waals surface area contributed by atoms with Gasteiger partial charge in [-0.15, -0.1) is 0 Å². The molecule has 0 saturated heterocycles. The fraction of sp³-hybridized carbons (Fsp3) is 0.167. The van der Waals surface area contributed by atoms with Crippen LogP contribution in [0.1, 0.15) is 54.1 Å². The predicted octanol–water partition coefficient (Wildman–Crippen LogP) is 2.31. The smallest absolute Gasteiger partial charge is 0.347 e. The number of hydrogen-bond acceptors (Lipinski definition) is 8. The molecule has 26 heavy (non-hydrogen) atoms. The topological polar surface area (TPSA) is 119 Å². The quantitative estimate of drug-likeness (QED) is 0.454. The molecule has 4 rings (SSSR count). The fourth-order valence-electron chi connectivity index (χ4n) is 3.11. The molecule has 2 heterocycles. The number of aryl methyl sites for hydroxylation is 1. The molecule has 1 atom stereocenters. The normalized spacial score (nSPS) is 17.3. The van der Waals surface area contributed by atoms with E-state index in [2.05, 4.69) is 0 Å². The predicted molar refractivity (Wildman–Crippen MR) is 84.8 cm³/mol.